The van der Waals surface area contributed by atoms with Crippen molar-refractivity contribution < 1.29 is 9.66 Å². The van der Waals surface area contributed by atoms with Gasteiger partial charge in [0.15, 0.2) is 0 Å². The molecular weight excluding hydrogens is 208 g/mol. The second kappa shape index (κ2) is 5.46. The predicted molar refractivity (Wildman–Crippen MR) is 61.9 cm³/mol. The molecule has 1 aromatic rings. The number of nitro groups is 1. The van der Waals surface area contributed by atoms with E-state index < -0.39 is 4.92 Å². The second-order valence-electron chi connectivity index (χ2n) is 3.86. The molecule has 0 N–H and O–H groups in total. The Balaban J connectivity index is 2.64. The van der Waals surface area contributed by atoms with Crippen LogP contribution in [0.25, 0.3) is 0 Å². The molecule has 0 saturated heterocycles. The first-order valence-electron chi connectivity index (χ1n) is 5.03. The fraction of sp³-hybridized carbons (Fsp3) is 0.455. The molecule has 0 radical (unpaired) electrons. The first-order chi connectivity index (χ1) is 7.50. The average Bonchev–Trinajstić information content (AvgIpc) is 2.19. The van der Waals surface area contributed by atoms with Gasteiger partial charge in [-0.1, -0.05) is 0 Å². The van der Waals surface area contributed by atoms with Crippen LogP contribution in [0.3, 0.4) is 0 Å². The van der Waals surface area contributed by atoms with Gasteiger partial charge in [0.25, 0.3) is 5.69 Å². The Morgan fingerprint density at radius 2 is 2.12 bits per heavy atom. The zero-order valence-corrected chi connectivity index (χ0v) is 9.77. The summed E-state index contributed by atoms with van der Waals surface area (Å²) in [6.07, 6.45) is 0. The van der Waals surface area contributed by atoms with Crippen LogP contribution in [0.15, 0.2) is 18.2 Å². The van der Waals surface area contributed by atoms with Crippen molar-refractivity contribution in [2.24, 2.45) is 0 Å². The van der Waals surface area contributed by atoms with Crippen LogP contribution in [0.5, 0.6) is 5.75 Å². The van der Waals surface area contributed by atoms with E-state index in [1.54, 1.807) is 13.0 Å². The number of nitro benzene ring substituents is 1. The van der Waals surface area contributed by atoms with Gasteiger partial charge in [0.05, 0.1) is 4.92 Å². The SMILES string of the molecule is Cc1cc([N+](=O)[O-])ccc1OCCN(C)C. The van der Waals surface area contributed by atoms with E-state index >= 15 is 0 Å². The van der Waals surface area contributed by atoms with E-state index in [-0.39, 0.29) is 5.69 Å². The maximum atomic E-state index is 10.5. The first kappa shape index (κ1) is 12.4. The van der Waals surface area contributed by atoms with Gasteiger partial charge in [-0.3, -0.25) is 10.1 Å². The topological polar surface area (TPSA) is 55.6 Å². The smallest absolute Gasteiger partial charge is 0.269 e. The Bertz CT molecular complexity index is 377. The van der Waals surface area contributed by atoms with Crippen LogP contribution in [0.4, 0.5) is 5.69 Å². The van der Waals surface area contributed by atoms with E-state index in [1.165, 1.54) is 12.1 Å². The molecule has 0 atom stereocenters. The number of nitrogens with zero attached hydrogens (tertiary/aromatic N) is 2. The van der Waals surface area contributed by atoms with Crippen molar-refractivity contribution in [2.75, 3.05) is 27.2 Å². The fourth-order valence-electron chi connectivity index (χ4n) is 1.25. The van der Waals surface area contributed by atoms with Crippen LogP contribution in [-0.4, -0.2) is 37.1 Å². The van der Waals surface area contributed by atoms with Gasteiger partial charge in [-0.15, -0.1) is 0 Å². The lowest BCUT2D eigenvalue weighted by molar-refractivity contribution is -0.384. The van der Waals surface area contributed by atoms with Gasteiger partial charge in [0.2, 0.25) is 0 Å². The van der Waals surface area contributed by atoms with Crippen LogP contribution in [0.2, 0.25) is 0 Å². The Morgan fingerprint density at radius 1 is 1.44 bits per heavy atom. The summed E-state index contributed by atoms with van der Waals surface area (Å²) < 4.78 is 5.52. The van der Waals surface area contributed by atoms with Crippen LogP contribution in [0.1, 0.15) is 5.56 Å². The zero-order chi connectivity index (χ0) is 12.1. The molecule has 1 rings (SSSR count). The third-order valence-corrected chi connectivity index (χ3v) is 2.17. The Labute approximate surface area is 94.8 Å². The summed E-state index contributed by atoms with van der Waals surface area (Å²) in [5.41, 5.74) is 0.880. The van der Waals surface area contributed by atoms with Crippen LogP contribution < -0.4 is 4.74 Å². The molecule has 5 nitrogen and oxygen atoms in total. The second-order valence-corrected chi connectivity index (χ2v) is 3.86. The van der Waals surface area contributed by atoms with Crippen molar-refractivity contribution in [3.63, 3.8) is 0 Å². The lowest BCUT2D eigenvalue weighted by atomic mass is 10.2. The molecule has 0 amide bonds. The summed E-state index contributed by atoms with van der Waals surface area (Å²) in [5.74, 6) is 0.701. The van der Waals surface area contributed by atoms with Crippen molar-refractivity contribution in [3.05, 3.63) is 33.9 Å². The van der Waals surface area contributed by atoms with Crippen molar-refractivity contribution >= 4 is 5.69 Å². The lowest BCUT2D eigenvalue weighted by Gasteiger charge is -2.12. The normalized spacial score (nSPS) is 10.5. The molecule has 0 aromatic heterocycles. The molecule has 0 fully saturated rings. The Kier molecular flexibility index (Phi) is 4.25. The van der Waals surface area contributed by atoms with Gasteiger partial charge in [-0.25, -0.2) is 0 Å². The maximum absolute atomic E-state index is 10.5. The fourth-order valence-corrected chi connectivity index (χ4v) is 1.25. The Hall–Kier alpha value is -1.62. The van der Waals surface area contributed by atoms with Crippen LogP contribution in [0, 0.1) is 17.0 Å². The number of aryl methyl sites for hydroxylation is 1. The molecule has 0 heterocycles. The number of ether oxygens (including phenoxy) is 1. The standard InChI is InChI=1S/C11H16N2O3/c1-9-8-10(13(14)15)4-5-11(9)16-7-6-12(2)3/h4-5,8H,6-7H2,1-3H3. The number of hydrogen-bond acceptors (Lipinski definition) is 4. The number of benzene rings is 1. The quantitative estimate of drug-likeness (QED) is 0.565. The highest BCUT2D eigenvalue weighted by atomic mass is 16.6. The summed E-state index contributed by atoms with van der Waals surface area (Å²) in [4.78, 5) is 12.1. The zero-order valence-electron chi connectivity index (χ0n) is 9.77. The molecular formula is C11H16N2O3. The molecule has 0 unspecified atom stereocenters. The largest absolute Gasteiger partial charge is 0.492 e. The van der Waals surface area contributed by atoms with Crippen molar-refractivity contribution in [3.8, 4) is 5.75 Å². The summed E-state index contributed by atoms with van der Waals surface area (Å²) in [5, 5.41) is 10.5. The van der Waals surface area contributed by atoms with Crippen molar-refractivity contribution in [2.45, 2.75) is 6.92 Å². The minimum atomic E-state index is -0.406. The van der Waals surface area contributed by atoms with E-state index in [9.17, 15) is 10.1 Å². The van der Waals surface area contributed by atoms with Gasteiger partial charge in [0, 0.05) is 18.7 Å². The highest BCUT2D eigenvalue weighted by Crippen LogP contribution is 2.22. The van der Waals surface area contributed by atoms with Crippen molar-refractivity contribution in [1.82, 2.24) is 4.90 Å². The minimum absolute atomic E-state index is 0.0949. The summed E-state index contributed by atoms with van der Waals surface area (Å²) >= 11 is 0. The first-order valence-corrected chi connectivity index (χ1v) is 5.03. The summed E-state index contributed by atoms with van der Waals surface area (Å²) in [6.45, 7) is 3.19. The minimum Gasteiger partial charge on any atom is -0.492 e. The third-order valence-electron chi connectivity index (χ3n) is 2.17. The van der Waals surface area contributed by atoms with E-state index in [0.717, 1.165) is 12.1 Å². The van der Waals surface area contributed by atoms with Gasteiger partial charge in [-0.2, -0.15) is 0 Å². The molecule has 1 aromatic carbocycles. The third kappa shape index (κ3) is 3.51. The lowest BCUT2D eigenvalue weighted by Crippen LogP contribution is -2.19. The molecule has 88 valence electrons. The molecule has 0 aliphatic carbocycles. The van der Waals surface area contributed by atoms with Crippen LogP contribution in [-0.2, 0) is 0 Å². The van der Waals surface area contributed by atoms with Gasteiger partial charge >= 0.3 is 0 Å². The molecule has 5 heteroatoms. The molecule has 0 saturated carbocycles. The number of non-ortho nitro benzene ring substituents is 1. The number of likely N-dealkylation sites (N-methyl/N-ethyl adjacent to an activating group) is 1. The monoisotopic (exact) mass is 224 g/mol. The molecule has 0 spiro atoms. The van der Waals surface area contributed by atoms with E-state index in [1.807, 2.05) is 19.0 Å². The molecule has 0 bridgehead atoms. The predicted octanol–water partition coefficient (Wildman–Crippen LogP) is 1.84. The molecule has 16 heavy (non-hydrogen) atoms. The van der Waals surface area contributed by atoms with E-state index in [2.05, 4.69) is 0 Å². The molecule has 0 aliphatic rings. The molecule has 0 aliphatic heterocycles. The van der Waals surface area contributed by atoms with Gasteiger partial charge < -0.3 is 9.64 Å². The van der Waals surface area contributed by atoms with Crippen molar-refractivity contribution in [1.29, 1.82) is 0 Å². The van der Waals surface area contributed by atoms with Gasteiger partial charge in [0.1, 0.15) is 12.4 Å². The van der Waals surface area contributed by atoms with Crippen LogP contribution >= 0.6 is 0 Å². The highest BCUT2D eigenvalue weighted by Gasteiger charge is 2.08. The van der Waals surface area contributed by atoms with E-state index in [0.29, 0.717) is 12.4 Å². The summed E-state index contributed by atoms with van der Waals surface area (Å²) in [6, 6.07) is 4.62. The number of hydrogen-bond donors (Lipinski definition) is 0. The number of rotatable bonds is 5. The maximum Gasteiger partial charge on any atom is 0.269 e. The summed E-state index contributed by atoms with van der Waals surface area (Å²) in [7, 11) is 3.93. The highest BCUT2D eigenvalue weighted by molar-refractivity contribution is 5.42. The Morgan fingerprint density at radius 3 is 2.62 bits per heavy atom. The van der Waals surface area contributed by atoms with E-state index in [4.69, 9.17) is 4.74 Å². The average molecular weight is 224 g/mol. The van der Waals surface area contributed by atoms with Gasteiger partial charge in [-0.05, 0) is 32.6 Å².